The number of methoxy groups -OCH3 is 1. The molecule has 1 atom stereocenters. The molecule has 38 heavy (non-hydrogen) atoms. The molecule has 0 saturated heterocycles. The zero-order valence-electron chi connectivity index (χ0n) is 21.7. The maximum absolute atomic E-state index is 13.8. The standard InChI is InChI=1S/C28H31N5O4S/c1-28(27(36)30-15-19-6-4-5-7-22(19)37-2)16-32-17-31-23(24(32)26(35)33(28)20-10-11-20)25(34)29-14-18-8-12-21(38-3)13-9-18/h4-9,12-13,17,20H,10-11,14-16H2,1-3H3,(H,29,34)(H,30,36). The van der Waals surface area contributed by atoms with Crippen LogP contribution in [0.3, 0.4) is 0 Å². The van der Waals surface area contributed by atoms with Gasteiger partial charge in [-0.3, -0.25) is 14.4 Å². The number of carbonyl (C=O) groups excluding carboxylic acids is 3. The van der Waals surface area contributed by atoms with Crippen molar-refractivity contribution in [3.8, 4) is 5.75 Å². The lowest BCUT2D eigenvalue weighted by molar-refractivity contribution is -0.133. The molecule has 3 amide bonds. The maximum atomic E-state index is 13.8. The van der Waals surface area contributed by atoms with Crippen molar-refractivity contribution >= 4 is 29.5 Å². The number of hydrogen-bond acceptors (Lipinski definition) is 6. The molecule has 2 heterocycles. The molecule has 1 aliphatic carbocycles. The number of rotatable bonds is 9. The van der Waals surface area contributed by atoms with E-state index in [2.05, 4.69) is 15.6 Å². The summed E-state index contributed by atoms with van der Waals surface area (Å²) in [6.45, 7) is 2.58. The van der Waals surface area contributed by atoms with Gasteiger partial charge in [-0.25, -0.2) is 4.98 Å². The average Bonchev–Trinajstić information content (AvgIpc) is 3.68. The number of nitrogens with zero attached hydrogens (tertiary/aromatic N) is 3. The summed E-state index contributed by atoms with van der Waals surface area (Å²) in [6.07, 6.45) is 5.13. The first kappa shape index (κ1) is 25.8. The predicted octanol–water partition coefficient (Wildman–Crippen LogP) is 3.24. The molecule has 1 saturated carbocycles. The van der Waals surface area contributed by atoms with Crippen LogP contribution in [0.2, 0.25) is 0 Å². The molecule has 2 aliphatic rings. The Morgan fingerprint density at radius 3 is 2.53 bits per heavy atom. The first-order valence-corrected chi connectivity index (χ1v) is 13.8. The van der Waals surface area contributed by atoms with E-state index in [1.54, 1.807) is 35.3 Å². The summed E-state index contributed by atoms with van der Waals surface area (Å²) in [6, 6.07) is 15.4. The Hall–Kier alpha value is -3.79. The van der Waals surface area contributed by atoms with Crippen molar-refractivity contribution in [1.29, 1.82) is 0 Å². The lowest BCUT2D eigenvalue weighted by Gasteiger charge is -2.44. The molecule has 2 N–H and O–H groups in total. The molecule has 1 unspecified atom stereocenters. The van der Waals surface area contributed by atoms with E-state index in [1.165, 1.54) is 6.33 Å². The van der Waals surface area contributed by atoms with E-state index in [1.807, 2.05) is 54.8 Å². The largest absolute Gasteiger partial charge is 0.496 e. The molecule has 0 bridgehead atoms. The topological polar surface area (TPSA) is 106 Å². The Balaban J connectivity index is 1.34. The van der Waals surface area contributed by atoms with Crippen LogP contribution in [0.4, 0.5) is 0 Å². The summed E-state index contributed by atoms with van der Waals surface area (Å²) in [5, 5.41) is 5.88. The van der Waals surface area contributed by atoms with E-state index in [4.69, 9.17) is 4.74 Å². The minimum Gasteiger partial charge on any atom is -0.496 e. The molecule has 5 rings (SSSR count). The van der Waals surface area contributed by atoms with Gasteiger partial charge < -0.3 is 24.8 Å². The summed E-state index contributed by atoms with van der Waals surface area (Å²) in [7, 11) is 1.59. The summed E-state index contributed by atoms with van der Waals surface area (Å²) >= 11 is 1.65. The van der Waals surface area contributed by atoms with Gasteiger partial charge in [0.05, 0.1) is 20.0 Å². The Labute approximate surface area is 225 Å². The summed E-state index contributed by atoms with van der Waals surface area (Å²) < 4.78 is 7.03. The van der Waals surface area contributed by atoms with E-state index >= 15 is 0 Å². The number of imidazole rings is 1. The number of nitrogens with one attached hydrogen (secondary N) is 2. The van der Waals surface area contributed by atoms with Gasteiger partial charge in [0.1, 0.15) is 17.0 Å². The fraction of sp³-hybridized carbons (Fsp3) is 0.357. The Bertz CT molecular complexity index is 1370. The minimum atomic E-state index is -1.12. The van der Waals surface area contributed by atoms with Gasteiger partial charge in [0, 0.05) is 29.6 Å². The second kappa shape index (κ2) is 10.5. The van der Waals surface area contributed by atoms with E-state index in [0.29, 0.717) is 12.3 Å². The van der Waals surface area contributed by atoms with Crippen molar-refractivity contribution < 1.29 is 19.1 Å². The third kappa shape index (κ3) is 4.88. The van der Waals surface area contributed by atoms with Gasteiger partial charge in [0.2, 0.25) is 5.91 Å². The monoisotopic (exact) mass is 533 g/mol. The van der Waals surface area contributed by atoms with E-state index in [9.17, 15) is 14.4 Å². The van der Waals surface area contributed by atoms with Crippen molar-refractivity contribution in [3.63, 3.8) is 0 Å². The molecule has 9 nitrogen and oxygen atoms in total. The molecule has 3 aromatic rings. The molecule has 0 spiro atoms. The molecule has 1 aliphatic heterocycles. The third-order valence-electron chi connectivity index (χ3n) is 7.13. The fourth-order valence-corrected chi connectivity index (χ4v) is 5.35. The van der Waals surface area contributed by atoms with Gasteiger partial charge in [0.25, 0.3) is 11.8 Å². The highest BCUT2D eigenvalue weighted by Gasteiger charge is 2.53. The highest BCUT2D eigenvalue weighted by atomic mass is 32.2. The van der Waals surface area contributed by atoms with Crippen molar-refractivity contribution in [2.75, 3.05) is 13.4 Å². The maximum Gasteiger partial charge on any atom is 0.274 e. The molecule has 10 heteroatoms. The SMILES string of the molecule is COc1ccccc1CNC(=O)C1(C)Cn2cnc(C(=O)NCc3ccc(SC)cc3)c2C(=O)N1C1CC1. The van der Waals surface area contributed by atoms with Gasteiger partial charge in [-0.05, 0) is 49.8 Å². The minimum absolute atomic E-state index is 0.0426. The van der Waals surface area contributed by atoms with Crippen molar-refractivity contribution in [1.82, 2.24) is 25.1 Å². The zero-order chi connectivity index (χ0) is 26.9. The molecule has 0 radical (unpaired) electrons. The number of hydrogen-bond donors (Lipinski definition) is 2. The van der Waals surface area contributed by atoms with Crippen LogP contribution in [0, 0.1) is 0 Å². The van der Waals surface area contributed by atoms with Crippen LogP contribution in [0.15, 0.2) is 59.8 Å². The number of aromatic nitrogens is 2. The van der Waals surface area contributed by atoms with Crippen LogP contribution in [-0.4, -0.2) is 57.1 Å². The number of para-hydroxylation sites is 1. The number of benzene rings is 2. The first-order chi connectivity index (χ1) is 18.4. The van der Waals surface area contributed by atoms with Crippen LogP contribution in [0.5, 0.6) is 5.75 Å². The average molecular weight is 534 g/mol. The second-order valence-electron chi connectivity index (χ2n) is 9.78. The first-order valence-electron chi connectivity index (χ1n) is 12.6. The van der Waals surface area contributed by atoms with Crippen molar-refractivity contribution in [2.45, 2.75) is 55.9 Å². The van der Waals surface area contributed by atoms with E-state index in [0.717, 1.165) is 28.9 Å². The van der Waals surface area contributed by atoms with E-state index < -0.39 is 11.4 Å². The smallest absolute Gasteiger partial charge is 0.274 e. The summed E-state index contributed by atoms with van der Waals surface area (Å²) in [4.78, 5) is 47.5. The Kier molecular flexibility index (Phi) is 7.16. The van der Waals surface area contributed by atoms with Crippen molar-refractivity contribution in [3.05, 3.63) is 77.4 Å². The molecular formula is C28H31N5O4S. The molecular weight excluding hydrogens is 502 g/mol. The Morgan fingerprint density at radius 1 is 1.11 bits per heavy atom. The van der Waals surface area contributed by atoms with Gasteiger partial charge in [0.15, 0.2) is 5.69 Å². The third-order valence-corrected chi connectivity index (χ3v) is 7.87. The number of fused-ring (bicyclic) bond motifs is 1. The number of amides is 3. The van der Waals surface area contributed by atoms with Crippen LogP contribution in [0.25, 0.3) is 0 Å². The van der Waals surface area contributed by atoms with Gasteiger partial charge >= 0.3 is 0 Å². The summed E-state index contributed by atoms with van der Waals surface area (Å²) in [5.74, 6) is -0.339. The lowest BCUT2D eigenvalue weighted by atomic mass is 9.93. The van der Waals surface area contributed by atoms with Crippen LogP contribution in [-0.2, 0) is 24.4 Å². The number of ether oxygens (including phenoxy) is 1. The molecule has 198 valence electrons. The van der Waals surface area contributed by atoms with Gasteiger partial charge in [-0.15, -0.1) is 11.8 Å². The normalized spacial score (nSPS) is 18.6. The van der Waals surface area contributed by atoms with E-state index in [-0.39, 0.29) is 42.3 Å². The van der Waals surface area contributed by atoms with Crippen molar-refractivity contribution in [2.24, 2.45) is 0 Å². The second-order valence-corrected chi connectivity index (χ2v) is 10.7. The number of thioether (sulfide) groups is 1. The van der Waals surface area contributed by atoms with Gasteiger partial charge in [-0.1, -0.05) is 30.3 Å². The Morgan fingerprint density at radius 2 is 1.84 bits per heavy atom. The summed E-state index contributed by atoms with van der Waals surface area (Å²) in [5.41, 5.74) is 0.979. The lowest BCUT2D eigenvalue weighted by Crippen LogP contribution is -2.64. The predicted molar refractivity (Wildman–Crippen MR) is 144 cm³/mol. The molecule has 1 aromatic heterocycles. The zero-order valence-corrected chi connectivity index (χ0v) is 22.5. The van der Waals surface area contributed by atoms with Crippen LogP contribution < -0.4 is 15.4 Å². The molecule has 2 aromatic carbocycles. The highest BCUT2D eigenvalue weighted by molar-refractivity contribution is 7.98. The highest BCUT2D eigenvalue weighted by Crippen LogP contribution is 2.39. The van der Waals surface area contributed by atoms with Crippen LogP contribution in [0.1, 0.15) is 51.9 Å². The van der Waals surface area contributed by atoms with Crippen LogP contribution >= 0.6 is 11.8 Å². The molecule has 1 fully saturated rings. The quantitative estimate of drug-likeness (QED) is 0.409. The fourth-order valence-electron chi connectivity index (χ4n) is 4.95. The van der Waals surface area contributed by atoms with Gasteiger partial charge in [-0.2, -0.15) is 0 Å². The number of carbonyl (C=O) groups is 3.